The molecule has 8 heteroatoms. The van der Waals surface area contributed by atoms with Crippen LogP contribution in [0.2, 0.25) is 0 Å². The second kappa shape index (κ2) is 25.2. The van der Waals surface area contributed by atoms with Crippen molar-refractivity contribution in [3.8, 4) is 0 Å². The van der Waals surface area contributed by atoms with Crippen LogP contribution in [0.5, 0.6) is 0 Å². The van der Waals surface area contributed by atoms with E-state index in [9.17, 15) is 0 Å². The Morgan fingerprint density at radius 1 is 0.268 bits per heavy atom. The topological polar surface area (TPSA) is 25.9 Å². The highest BCUT2D eigenvalue weighted by Gasteiger charge is 2.34. The molecule has 0 saturated carbocycles. The fourth-order valence-electron chi connectivity index (χ4n) is 12.3. The van der Waals surface area contributed by atoms with Crippen LogP contribution < -0.4 is 39.2 Å². The van der Waals surface area contributed by atoms with Crippen molar-refractivity contribution in [3.05, 3.63) is 251 Å². The highest BCUT2D eigenvalue weighted by Crippen LogP contribution is 2.46. The first-order valence-electron chi connectivity index (χ1n) is 29.5. The zero-order valence-electron chi connectivity index (χ0n) is 51.7. The molecule has 0 amide bonds. The number of hydrogen-bond donors (Lipinski definition) is 0. The number of rotatable bonds is 8. The Bertz CT molecular complexity index is 3390. The Morgan fingerprint density at radius 2 is 0.537 bits per heavy atom. The van der Waals surface area contributed by atoms with E-state index >= 15 is 0 Å². The van der Waals surface area contributed by atoms with Gasteiger partial charge in [-0.2, -0.15) is 0 Å². The molecule has 0 unspecified atom stereocenters. The second-order valence-electron chi connectivity index (χ2n) is 23.2. The number of hydrogen-bond acceptors (Lipinski definition) is 8. The molecular weight excluding hydrogens is 1000 g/mol. The Kier molecular flexibility index (Phi) is 17.9. The Morgan fingerprint density at radius 3 is 0.878 bits per heavy atom. The molecule has 424 valence electrons. The van der Waals surface area contributed by atoms with Crippen LogP contribution in [0.1, 0.15) is 112 Å². The van der Waals surface area contributed by atoms with Crippen LogP contribution in [0.25, 0.3) is 0 Å². The third-order valence-electron chi connectivity index (χ3n) is 17.1. The second-order valence-corrected chi connectivity index (χ2v) is 23.2. The quantitative estimate of drug-likeness (QED) is 0.149. The number of para-hydroxylation sites is 10. The van der Waals surface area contributed by atoms with E-state index in [1.54, 1.807) is 0 Å². The maximum absolute atomic E-state index is 2.44. The van der Waals surface area contributed by atoms with Gasteiger partial charge in [-0.15, -0.1) is 0 Å². The fraction of sp³-hybridized carbons (Fsp3) is 0.297. The molecule has 8 nitrogen and oxygen atoms in total. The van der Waals surface area contributed by atoms with E-state index in [4.69, 9.17) is 0 Å². The summed E-state index contributed by atoms with van der Waals surface area (Å²) in [6.07, 6.45) is 10.1. The molecular formula is C74H88N8. The van der Waals surface area contributed by atoms with E-state index in [-0.39, 0.29) is 12.3 Å². The lowest BCUT2D eigenvalue weighted by atomic mass is 9.92. The molecule has 82 heavy (non-hydrogen) atoms. The molecule has 4 aliphatic rings. The molecule has 0 bridgehead atoms. The van der Waals surface area contributed by atoms with Crippen molar-refractivity contribution in [1.82, 2.24) is 0 Å². The lowest BCUT2D eigenvalue weighted by Gasteiger charge is -2.34. The van der Waals surface area contributed by atoms with Crippen molar-refractivity contribution in [2.75, 3.05) is 53.3 Å². The summed E-state index contributed by atoms with van der Waals surface area (Å²) < 4.78 is 0. The van der Waals surface area contributed by atoms with Crippen molar-refractivity contribution >= 4 is 56.9 Å². The van der Waals surface area contributed by atoms with Crippen molar-refractivity contribution in [1.29, 1.82) is 0 Å². The van der Waals surface area contributed by atoms with Crippen molar-refractivity contribution in [3.63, 3.8) is 0 Å². The van der Waals surface area contributed by atoms with E-state index in [0.717, 1.165) is 0 Å². The summed E-state index contributed by atoms with van der Waals surface area (Å²) in [4.78, 5) is 19.0. The van der Waals surface area contributed by atoms with Crippen LogP contribution >= 0.6 is 0 Å². The lowest BCUT2D eigenvalue weighted by molar-refractivity contribution is 0.727. The predicted octanol–water partition coefficient (Wildman–Crippen LogP) is 19.0. The summed E-state index contributed by atoms with van der Waals surface area (Å²) in [5.41, 5.74) is 23.7. The average Bonchev–Trinajstić information content (AvgIpc) is 4.31. The Balaban J connectivity index is 0.000000133. The zero-order valence-corrected chi connectivity index (χ0v) is 51.7. The van der Waals surface area contributed by atoms with Gasteiger partial charge in [0.15, 0.2) is 0 Å². The van der Waals surface area contributed by atoms with Crippen molar-refractivity contribution in [2.24, 2.45) is 0 Å². The predicted molar refractivity (Wildman–Crippen MR) is 355 cm³/mol. The van der Waals surface area contributed by atoms with Gasteiger partial charge in [-0.1, -0.05) is 161 Å². The Hall–Kier alpha value is -8.36. The molecule has 4 heterocycles. The number of fused-ring (bicyclic) bond motifs is 2. The maximum atomic E-state index is 2.44. The molecule has 0 radical (unpaired) electrons. The van der Waals surface area contributed by atoms with Gasteiger partial charge < -0.3 is 39.2 Å². The average molecular weight is 1090 g/mol. The largest absolute Gasteiger partial charge is 0.353 e. The summed E-state index contributed by atoms with van der Waals surface area (Å²) in [5, 5.41) is 0. The van der Waals surface area contributed by atoms with Crippen molar-refractivity contribution in [2.45, 2.75) is 133 Å². The van der Waals surface area contributed by atoms with E-state index in [1.807, 2.05) is 0 Å². The van der Waals surface area contributed by atoms with E-state index in [0.29, 0.717) is 24.2 Å². The fourth-order valence-corrected chi connectivity index (χ4v) is 12.3. The van der Waals surface area contributed by atoms with Gasteiger partial charge in [-0.05, 0) is 174 Å². The molecule has 12 rings (SSSR count). The molecule has 0 saturated heterocycles. The summed E-state index contributed by atoms with van der Waals surface area (Å²) in [7, 11) is 4.31. The monoisotopic (exact) mass is 1090 g/mol. The molecule has 0 spiro atoms. The summed E-state index contributed by atoms with van der Waals surface area (Å²) in [5.74, 6) is 1.00. The van der Waals surface area contributed by atoms with Gasteiger partial charge >= 0.3 is 0 Å². The molecule has 8 aromatic carbocycles. The number of nitrogens with zero attached hydrogens (tertiary/aromatic N) is 8. The summed E-state index contributed by atoms with van der Waals surface area (Å²) in [6.45, 7) is 31.2. The highest BCUT2D eigenvalue weighted by atomic mass is 15.4. The number of benzene rings is 8. The highest BCUT2D eigenvalue weighted by molar-refractivity contribution is 5.85. The minimum atomic E-state index is 0.262. The molecule has 4 aliphatic heterocycles. The van der Waals surface area contributed by atoms with Gasteiger partial charge in [-0.25, -0.2) is 0 Å². The van der Waals surface area contributed by atoms with Crippen molar-refractivity contribution < 1.29 is 0 Å². The van der Waals surface area contributed by atoms with Gasteiger partial charge in [-0.3, -0.25) is 0 Å². The molecule has 8 aromatic rings. The maximum Gasteiger partial charge on any atom is 0.107 e. The standard InChI is InChI=1S/C23H30N2.C19H22N2.2C16H18N2/c1-16(2)20-11-9-12-21(17(3)4)23(20)25-15-14-24(19(25)6)22-13-8-7-10-18(22)5;1-14-8-5-6-11-18(14)20-12-13-21(17(20)4)19-15(2)9-7-10-16(19)3;2*1-12-8-4-5-9-14(12)18-13(2)17(3)15-10-6-7-11-16(15)18/h7-17,19H,1-6H3;5-13,17H,1-4H3;2*4-11,13H,1-3H3/t19-;17-;2*13-/m0011/s1. The lowest BCUT2D eigenvalue weighted by Crippen LogP contribution is -2.37. The third kappa shape index (κ3) is 11.6. The normalized spacial score (nSPS) is 17.7. The number of aryl methyl sites for hydroxylation is 6. The smallest absolute Gasteiger partial charge is 0.107 e. The van der Waals surface area contributed by atoms with E-state index in [1.165, 1.54) is 101 Å². The molecule has 0 N–H and O–H groups in total. The first kappa shape index (κ1) is 58.3. The van der Waals surface area contributed by atoms with Gasteiger partial charge in [0.05, 0.1) is 22.7 Å². The minimum Gasteiger partial charge on any atom is -0.353 e. The van der Waals surface area contributed by atoms with Crippen LogP contribution in [0.3, 0.4) is 0 Å². The van der Waals surface area contributed by atoms with Crippen LogP contribution in [-0.2, 0) is 0 Å². The first-order valence-corrected chi connectivity index (χ1v) is 29.5. The van der Waals surface area contributed by atoms with Gasteiger partial charge in [0.25, 0.3) is 0 Å². The van der Waals surface area contributed by atoms with Gasteiger partial charge in [0.2, 0.25) is 0 Å². The molecule has 0 aliphatic carbocycles. The zero-order chi connectivity index (χ0) is 58.5. The van der Waals surface area contributed by atoms with Crippen LogP contribution in [0.4, 0.5) is 56.9 Å². The number of anilines is 10. The molecule has 0 fully saturated rings. The Labute approximate surface area is 492 Å². The summed E-state index contributed by atoms with van der Waals surface area (Å²) in [6, 6.07) is 64.7. The van der Waals surface area contributed by atoms with E-state index < -0.39 is 0 Å². The first-order chi connectivity index (χ1) is 39.4. The van der Waals surface area contributed by atoms with Crippen LogP contribution in [0.15, 0.2) is 207 Å². The molecule has 0 aromatic heterocycles. The van der Waals surface area contributed by atoms with E-state index in [2.05, 4.69) is 357 Å². The minimum absolute atomic E-state index is 0.262. The van der Waals surface area contributed by atoms with Gasteiger partial charge in [0, 0.05) is 73.0 Å². The summed E-state index contributed by atoms with van der Waals surface area (Å²) >= 11 is 0. The third-order valence-corrected chi connectivity index (χ3v) is 17.1. The SMILES string of the molecule is Cc1ccccc1N1C=CN(c2c(C(C)C)cccc2C(C)C)[C@H]1C.Cc1ccccc1N1C=CN(c2c(C)cccc2C)[C@H]1C.Cc1ccccc1N1c2ccccc2N(C)[C@H]1C.Cc1ccccc1N1c2ccccc2N(C)[C@H]1C. The van der Waals surface area contributed by atoms with Crippen LogP contribution in [0, 0.1) is 41.5 Å². The van der Waals surface area contributed by atoms with Crippen LogP contribution in [-0.4, -0.2) is 38.8 Å². The molecule has 4 atom stereocenters. The van der Waals surface area contributed by atoms with Gasteiger partial charge in [0.1, 0.15) is 24.7 Å².